The molecule has 21 heavy (non-hydrogen) atoms. The summed E-state index contributed by atoms with van der Waals surface area (Å²) in [6.07, 6.45) is 0. The number of ether oxygens (including phenoxy) is 1. The van der Waals surface area contributed by atoms with Crippen molar-refractivity contribution in [3.05, 3.63) is 54.6 Å². The molecule has 2 rings (SSSR count). The van der Waals surface area contributed by atoms with Crippen molar-refractivity contribution >= 4 is 21.7 Å². The van der Waals surface area contributed by atoms with E-state index in [4.69, 9.17) is 9.29 Å². The highest BCUT2D eigenvalue weighted by Crippen LogP contribution is 2.15. The zero-order chi connectivity index (χ0) is 15.3. The molecule has 0 atom stereocenters. The Morgan fingerprint density at radius 3 is 2.24 bits per heavy atom. The summed E-state index contributed by atoms with van der Waals surface area (Å²) in [5, 5.41) is 2.65. The van der Waals surface area contributed by atoms with E-state index < -0.39 is 10.1 Å². The quantitative estimate of drug-likeness (QED) is 0.824. The number of hydrogen-bond donors (Lipinski definition) is 2. The van der Waals surface area contributed by atoms with Crippen LogP contribution in [-0.4, -0.2) is 25.5 Å². The van der Waals surface area contributed by atoms with Gasteiger partial charge in [-0.25, -0.2) is 0 Å². The molecule has 0 aromatic heterocycles. The number of nitrogens with one attached hydrogen (secondary N) is 1. The SMILES string of the molecule is O=C(COc1ccc(S(=O)(=O)O)cc1)Nc1ccccc1. The Balaban J connectivity index is 1.90. The highest BCUT2D eigenvalue weighted by molar-refractivity contribution is 7.85. The third-order valence-electron chi connectivity index (χ3n) is 2.55. The van der Waals surface area contributed by atoms with Crippen molar-refractivity contribution in [2.75, 3.05) is 11.9 Å². The van der Waals surface area contributed by atoms with E-state index in [2.05, 4.69) is 5.32 Å². The van der Waals surface area contributed by atoms with Crippen molar-refractivity contribution in [1.29, 1.82) is 0 Å². The van der Waals surface area contributed by atoms with E-state index in [0.717, 1.165) is 0 Å². The van der Waals surface area contributed by atoms with Gasteiger partial charge in [0.1, 0.15) is 5.75 Å². The van der Waals surface area contributed by atoms with Gasteiger partial charge in [0.2, 0.25) is 0 Å². The summed E-state index contributed by atoms with van der Waals surface area (Å²) in [7, 11) is -4.23. The summed E-state index contributed by atoms with van der Waals surface area (Å²) in [5.74, 6) is -0.00864. The summed E-state index contributed by atoms with van der Waals surface area (Å²) in [4.78, 5) is 11.4. The normalized spacial score (nSPS) is 10.9. The predicted molar refractivity (Wildman–Crippen MR) is 76.8 cm³/mol. The Morgan fingerprint density at radius 1 is 1.05 bits per heavy atom. The second-order valence-electron chi connectivity index (χ2n) is 4.15. The maximum atomic E-state index is 11.6. The number of benzene rings is 2. The molecule has 2 N–H and O–H groups in total. The standard InChI is InChI=1S/C14H13NO5S/c16-14(15-11-4-2-1-3-5-11)10-20-12-6-8-13(9-7-12)21(17,18)19/h1-9H,10H2,(H,15,16)(H,17,18,19). The van der Waals surface area contributed by atoms with Gasteiger partial charge < -0.3 is 10.1 Å². The first-order valence-electron chi connectivity index (χ1n) is 6.00. The molecule has 0 unspecified atom stereocenters. The molecule has 0 fully saturated rings. The highest BCUT2D eigenvalue weighted by atomic mass is 32.2. The van der Waals surface area contributed by atoms with Gasteiger partial charge in [0.25, 0.3) is 16.0 Å². The molecule has 7 heteroatoms. The van der Waals surface area contributed by atoms with Gasteiger partial charge in [-0.05, 0) is 36.4 Å². The zero-order valence-corrected chi connectivity index (χ0v) is 11.7. The second kappa shape index (κ2) is 6.38. The van der Waals surface area contributed by atoms with Crippen LogP contribution in [0.1, 0.15) is 0 Å². The first kappa shape index (κ1) is 15.0. The van der Waals surface area contributed by atoms with E-state index in [9.17, 15) is 13.2 Å². The third-order valence-corrected chi connectivity index (χ3v) is 3.42. The fraction of sp³-hybridized carbons (Fsp3) is 0.0714. The summed E-state index contributed by atoms with van der Waals surface area (Å²) < 4.78 is 35.8. The molecular formula is C14H13NO5S. The molecule has 0 heterocycles. The van der Waals surface area contributed by atoms with Gasteiger partial charge >= 0.3 is 0 Å². The summed E-state index contributed by atoms with van der Waals surface area (Å²) in [5.41, 5.74) is 0.660. The van der Waals surface area contributed by atoms with Crippen molar-refractivity contribution in [2.24, 2.45) is 0 Å². The lowest BCUT2D eigenvalue weighted by atomic mass is 10.3. The maximum absolute atomic E-state index is 11.6. The van der Waals surface area contributed by atoms with Gasteiger partial charge in [-0.15, -0.1) is 0 Å². The molecule has 6 nitrogen and oxygen atoms in total. The minimum atomic E-state index is -4.23. The Morgan fingerprint density at radius 2 is 1.67 bits per heavy atom. The smallest absolute Gasteiger partial charge is 0.294 e. The predicted octanol–water partition coefficient (Wildman–Crippen LogP) is 1.95. The lowest BCUT2D eigenvalue weighted by molar-refractivity contribution is -0.118. The second-order valence-corrected chi connectivity index (χ2v) is 5.57. The average Bonchev–Trinajstić information content (AvgIpc) is 2.46. The van der Waals surface area contributed by atoms with Gasteiger partial charge in [-0.3, -0.25) is 9.35 Å². The zero-order valence-electron chi connectivity index (χ0n) is 10.9. The van der Waals surface area contributed by atoms with Gasteiger partial charge in [0.15, 0.2) is 6.61 Å². The minimum absolute atomic E-state index is 0.208. The maximum Gasteiger partial charge on any atom is 0.294 e. The molecule has 0 bridgehead atoms. The molecular weight excluding hydrogens is 294 g/mol. The molecule has 0 aliphatic rings. The van der Waals surface area contributed by atoms with Crippen LogP contribution in [0.15, 0.2) is 59.5 Å². The van der Waals surface area contributed by atoms with Crippen LogP contribution in [0.25, 0.3) is 0 Å². The Hall–Kier alpha value is -2.38. The summed E-state index contributed by atoms with van der Waals surface area (Å²) >= 11 is 0. The topological polar surface area (TPSA) is 92.7 Å². The number of amides is 1. The van der Waals surface area contributed by atoms with Crippen LogP contribution in [0, 0.1) is 0 Å². The number of carbonyl (C=O) groups is 1. The lowest BCUT2D eigenvalue weighted by Gasteiger charge is -2.07. The van der Waals surface area contributed by atoms with Crippen LogP contribution < -0.4 is 10.1 Å². The van der Waals surface area contributed by atoms with Crippen LogP contribution in [-0.2, 0) is 14.9 Å². The largest absolute Gasteiger partial charge is 0.484 e. The van der Waals surface area contributed by atoms with Gasteiger partial charge in [-0.2, -0.15) is 8.42 Å². The van der Waals surface area contributed by atoms with Crippen molar-refractivity contribution < 1.29 is 22.5 Å². The van der Waals surface area contributed by atoms with E-state index in [1.807, 2.05) is 6.07 Å². The van der Waals surface area contributed by atoms with Crippen LogP contribution in [0.4, 0.5) is 5.69 Å². The number of hydrogen-bond acceptors (Lipinski definition) is 4. The van der Waals surface area contributed by atoms with E-state index in [0.29, 0.717) is 11.4 Å². The van der Waals surface area contributed by atoms with Gasteiger partial charge in [0, 0.05) is 5.69 Å². The fourth-order valence-corrected chi connectivity index (χ4v) is 2.06. The minimum Gasteiger partial charge on any atom is -0.484 e. The number of para-hydroxylation sites is 1. The fourth-order valence-electron chi connectivity index (χ4n) is 1.58. The average molecular weight is 307 g/mol. The molecule has 0 spiro atoms. The highest BCUT2D eigenvalue weighted by Gasteiger charge is 2.09. The number of anilines is 1. The van der Waals surface area contributed by atoms with Gasteiger partial charge in [-0.1, -0.05) is 18.2 Å². The molecule has 110 valence electrons. The van der Waals surface area contributed by atoms with E-state index in [1.165, 1.54) is 24.3 Å². The van der Waals surface area contributed by atoms with Crippen molar-refractivity contribution in [3.8, 4) is 5.75 Å². The Bertz CT molecular complexity index is 711. The lowest BCUT2D eigenvalue weighted by Crippen LogP contribution is -2.20. The van der Waals surface area contributed by atoms with E-state index >= 15 is 0 Å². The Labute approximate surface area is 122 Å². The van der Waals surface area contributed by atoms with E-state index in [1.54, 1.807) is 24.3 Å². The first-order chi connectivity index (χ1) is 9.95. The molecule has 0 saturated carbocycles. The van der Waals surface area contributed by atoms with Crippen LogP contribution in [0.3, 0.4) is 0 Å². The number of rotatable bonds is 5. The summed E-state index contributed by atoms with van der Waals surface area (Å²) in [6.45, 7) is -0.208. The van der Waals surface area contributed by atoms with Crippen LogP contribution in [0.2, 0.25) is 0 Å². The van der Waals surface area contributed by atoms with Crippen LogP contribution in [0.5, 0.6) is 5.75 Å². The van der Waals surface area contributed by atoms with Gasteiger partial charge in [0.05, 0.1) is 4.90 Å². The van der Waals surface area contributed by atoms with E-state index in [-0.39, 0.29) is 17.4 Å². The van der Waals surface area contributed by atoms with Crippen molar-refractivity contribution in [1.82, 2.24) is 0 Å². The molecule has 2 aromatic rings. The van der Waals surface area contributed by atoms with Crippen molar-refractivity contribution in [2.45, 2.75) is 4.90 Å². The first-order valence-corrected chi connectivity index (χ1v) is 7.44. The summed E-state index contributed by atoms with van der Waals surface area (Å²) in [6, 6.07) is 14.0. The third kappa shape index (κ3) is 4.59. The molecule has 0 radical (unpaired) electrons. The van der Waals surface area contributed by atoms with Crippen molar-refractivity contribution in [3.63, 3.8) is 0 Å². The molecule has 0 aliphatic heterocycles. The number of carbonyl (C=O) groups excluding carboxylic acids is 1. The monoisotopic (exact) mass is 307 g/mol. The molecule has 0 saturated heterocycles. The molecule has 2 aromatic carbocycles. The molecule has 0 aliphatic carbocycles. The Kier molecular flexibility index (Phi) is 4.56. The van der Waals surface area contributed by atoms with Crippen LogP contribution >= 0.6 is 0 Å². The molecule has 1 amide bonds.